The first-order valence-electron chi connectivity index (χ1n) is 10.2. The minimum absolute atomic E-state index is 0.216. The average Bonchev–Trinajstić information content (AvgIpc) is 2.76. The number of benzene rings is 1. The summed E-state index contributed by atoms with van der Waals surface area (Å²) in [6.07, 6.45) is 2.33. The summed E-state index contributed by atoms with van der Waals surface area (Å²) in [6, 6.07) is 14.4. The number of piperazine rings is 1. The van der Waals surface area contributed by atoms with Crippen molar-refractivity contribution in [3.63, 3.8) is 0 Å². The molecule has 2 heterocycles. The molecule has 0 atom stereocenters. The van der Waals surface area contributed by atoms with Gasteiger partial charge in [-0.3, -0.25) is 4.79 Å². The number of nitrogens with zero attached hydrogens (tertiary/aromatic N) is 4. The number of aromatic nitrogens is 1. The number of rotatable bonds is 8. The largest absolute Gasteiger partial charge is 0.385 e. The predicted molar refractivity (Wildman–Crippen MR) is 116 cm³/mol. The Balaban J connectivity index is 1.40. The molecule has 1 fully saturated rings. The maximum Gasteiger partial charge on any atom is 0.224 e. The molecule has 1 aromatic carbocycles. The highest BCUT2D eigenvalue weighted by atomic mass is 16.2. The zero-order chi connectivity index (χ0) is 19.8. The van der Waals surface area contributed by atoms with E-state index in [2.05, 4.69) is 58.2 Å². The fourth-order valence-corrected chi connectivity index (χ4v) is 3.58. The SMILES string of the molecule is CCN(CC)c1ccc(NCCC(=O)N2CCN(c3ccccn3)CC2)cc1. The molecule has 0 aliphatic carbocycles. The van der Waals surface area contributed by atoms with Crippen LogP contribution in [-0.2, 0) is 4.79 Å². The van der Waals surface area contributed by atoms with Crippen molar-refractivity contribution in [2.24, 2.45) is 0 Å². The average molecular weight is 382 g/mol. The summed E-state index contributed by atoms with van der Waals surface area (Å²) in [7, 11) is 0. The molecule has 0 bridgehead atoms. The van der Waals surface area contributed by atoms with Gasteiger partial charge in [-0.05, 0) is 50.2 Å². The van der Waals surface area contributed by atoms with Gasteiger partial charge in [0.15, 0.2) is 0 Å². The highest BCUT2D eigenvalue weighted by molar-refractivity contribution is 5.77. The third kappa shape index (κ3) is 5.15. The summed E-state index contributed by atoms with van der Waals surface area (Å²) >= 11 is 0. The van der Waals surface area contributed by atoms with Crippen LogP contribution in [0.2, 0.25) is 0 Å². The van der Waals surface area contributed by atoms with Crippen LogP contribution in [0.5, 0.6) is 0 Å². The van der Waals surface area contributed by atoms with E-state index in [1.165, 1.54) is 5.69 Å². The number of carbonyl (C=O) groups is 1. The first-order chi connectivity index (χ1) is 13.7. The van der Waals surface area contributed by atoms with Crippen molar-refractivity contribution >= 4 is 23.1 Å². The highest BCUT2D eigenvalue weighted by Gasteiger charge is 2.21. The van der Waals surface area contributed by atoms with Gasteiger partial charge in [-0.25, -0.2) is 4.98 Å². The molecule has 0 spiro atoms. The maximum absolute atomic E-state index is 12.5. The predicted octanol–water partition coefficient (Wildman–Crippen LogP) is 3.08. The van der Waals surface area contributed by atoms with Crippen LogP contribution >= 0.6 is 0 Å². The van der Waals surface area contributed by atoms with Crippen LogP contribution in [0.3, 0.4) is 0 Å². The summed E-state index contributed by atoms with van der Waals surface area (Å²) < 4.78 is 0. The van der Waals surface area contributed by atoms with E-state index in [0.29, 0.717) is 13.0 Å². The third-order valence-corrected chi connectivity index (χ3v) is 5.27. The summed E-state index contributed by atoms with van der Waals surface area (Å²) in [5, 5.41) is 3.37. The molecule has 6 heteroatoms. The normalized spacial score (nSPS) is 14.1. The van der Waals surface area contributed by atoms with Gasteiger partial charge in [0, 0.05) is 69.8 Å². The Morgan fingerprint density at radius 2 is 1.75 bits per heavy atom. The Bertz CT molecular complexity index is 722. The van der Waals surface area contributed by atoms with Crippen molar-refractivity contribution < 1.29 is 4.79 Å². The molecule has 1 amide bonds. The molecule has 150 valence electrons. The monoisotopic (exact) mass is 381 g/mol. The van der Waals surface area contributed by atoms with E-state index >= 15 is 0 Å². The van der Waals surface area contributed by atoms with Crippen LogP contribution in [0.4, 0.5) is 17.2 Å². The molecule has 0 radical (unpaired) electrons. The molecule has 3 rings (SSSR count). The van der Waals surface area contributed by atoms with Gasteiger partial charge >= 0.3 is 0 Å². The van der Waals surface area contributed by atoms with Gasteiger partial charge in [0.1, 0.15) is 5.82 Å². The molecular formula is C22H31N5O. The van der Waals surface area contributed by atoms with Gasteiger partial charge in [-0.15, -0.1) is 0 Å². The third-order valence-electron chi connectivity index (χ3n) is 5.27. The Hall–Kier alpha value is -2.76. The molecule has 6 nitrogen and oxygen atoms in total. The first kappa shape index (κ1) is 20.0. The number of anilines is 3. The molecule has 1 aliphatic heterocycles. The Labute approximate surface area is 168 Å². The lowest BCUT2D eigenvalue weighted by Gasteiger charge is -2.35. The molecular weight excluding hydrogens is 350 g/mol. The number of nitrogens with one attached hydrogen (secondary N) is 1. The fourth-order valence-electron chi connectivity index (χ4n) is 3.58. The minimum Gasteiger partial charge on any atom is -0.385 e. The second-order valence-electron chi connectivity index (χ2n) is 6.95. The summed E-state index contributed by atoms with van der Waals surface area (Å²) in [5.74, 6) is 1.21. The van der Waals surface area contributed by atoms with E-state index in [4.69, 9.17) is 0 Å². The summed E-state index contributed by atoms with van der Waals surface area (Å²) in [4.78, 5) is 23.4. The van der Waals surface area contributed by atoms with E-state index in [-0.39, 0.29) is 5.91 Å². The molecule has 0 saturated carbocycles. The molecule has 1 aliphatic rings. The number of pyridine rings is 1. The Morgan fingerprint density at radius 1 is 1.04 bits per heavy atom. The van der Waals surface area contributed by atoms with Crippen molar-refractivity contribution in [2.75, 3.05) is 60.9 Å². The fraction of sp³-hybridized carbons (Fsp3) is 0.455. The van der Waals surface area contributed by atoms with Gasteiger partial charge in [0.25, 0.3) is 0 Å². The number of hydrogen-bond donors (Lipinski definition) is 1. The molecule has 1 N–H and O–H groups in total. The molecule has 28 heavy (non-hydrogen) atoms. The molecule has 0 unspecified atom stereocenters. The standard InChI is InChI=1S/C22H31N5O/c1-3-25(4-2)20-10-8-19(9-11-20)23-14-12-22(28)27-17-15-26(16-18-27)21-7-5-6-13-24-21/h5-11,13,23H,3-4,12,14-18H2,1-2H3. The van der Waals surface area contributed by atoms with E-state index in [1.54, 1.807) is 0 Å². The lowest BCUT2D eigenvalue weighted by atomic mass is 10.2. The molecule has 2 aromatic rings. The van der Waals surface area contributed by atoms with Crippen LogP contribution in [0, 0.1) is 0 Å². The van der Waals surface area contributed by atoms with Crippen LogP contribution in [0.1, 0.15) is 20.3 Å². The number of amides is 1. The molecule has 1 aromatic heterocycles. The Kier molecular flexibility index (Phi) is 7.12. The Morgan fingerprint density at radius 3 is 2.36 bits per heavy atom. The summed E-state index contributed by atoms with van der Waals surface area (Å²) in [6.45, 7) is 10.2. The van der Waals surface area contributed by atoms with Crippen molar-refractivity contribution in [1.29, 1.82) is 0 Å². The second-order valence-corrected chi connectivity index (χ2v) is 6.95. The maximum atomic E-state index is 12.5. The zero-order valence-electron chi connectivity index (χ0n) is 17.0. The second kappa shape index (κ2) is 9.97. The molecule has 1 saturated heterocycles. The van der Waals surface area contributed by atoms with Gasteiger partial charge < -0.3 is 20.0 Å². The van der Waals surface area contributed by atoms with Crippen molar-refractivity contribution in [2.45, 2.75) is 20.3 Å². The number of carbonyl (C=O) groups excluding carboxylic acids is 1. The van der Waals surface area contributed by atoms with Crippen LogP contribution < -0.4 is 15.1 Å². The zero-order valence-corrected chi connectivity index (χ0v) is 17.0. The topological polar surface area (TPSA) is 51.7 Å². The lowest BCUT2D eigenvalue weighted by molar-refractivity contribution is -0.131. The van der Waals surface area contributed by atoms with Crippen LogP contribution in [-0.4, -0.2) is 61.6 Å². The van der Waals surface area contributed by atoms with E-state index in [0.717, 1.165) is 50.8 Å². The van der Waals surface area contributed by atoms with Crippen molar-refractivity contribution in [3.8, 4) is 0 Å². The van der Waals surface area contributed by atoms with Gasteiger partial charge in [-0.2, -0.15) is 0 Å². The van der Waals surface area contributed by atoms with Crippen LogP contribution in [0.15, 0.2) is 48.7 Å². The number of hydrogen-bond acceptors (Lipinski definition) is 5. The van der Waals surface area contributed by atoms with Gasteiger partial charge in [0.2, 0.25) is 5.91 Å². The highest BCUT2D eigenvalue weighted by Crippen LogP contribution is 2.18. The lowest BCUT2D eigenvalue weighted by Crippen LogP contribution is -2.49. The van der Waals surface area contributed by atoms with E-state index < -0.39 is 0 Å². The van der Waals surface area contributed by atoms with Gasteiger partial charge in [0.05, 0.1) is 0 Å². The minimum atomic E-state index is 0.216. The van der Waals surface area contributed by atoms with E-state index in [1.807, 2.05) is 29.3 Å². The van der Waals surface area contributed by atoms with Crippen molar-refractivity contribution in [1.82, 2.24) is 9.88 Å². The van der Waals surface area contributed by atoms with Gasteiger partial charge in [-0.1, -0.05) is 6.07 Å². The van der Waals surface area contributed by atoms with Crippen LogP contribution in [0.25, 0.3) is 0 Å². The summed E-state index contributed by atoms with van der Waals surface area (Å²) in [5.41, 5.74) is 2.29. The quantitative estimate of drug-likeness (QED) is 0.762. The first-order valence-corrected chi connectivity index (χ1v) is 10.2. The van der Waals surface area contributed by atoms with Crippen molar-refractivity contribution in [3.05, 3.63) is 48.7 Å². The smallest absolute Gasteiger partial charge is 0.224 e. The van der Waals surface area contributed by atoms with E-state index in [9.17, 15) is 4.79 Å².